The fraction of sp³-hybridized carbons (Fsp3) is 0.500. The van der Waals surface area contributed by atoms with Crippen LogP contribution in [0.3, 0.4) is 0 Å². The maximum atomic E-state index is 12.0. The van der Waals surface area contributed by atoms with Crippen molar-refractivity contribution >= 4 is 16.9 Å². The smallest absolute Gasteiger partial charge is 0.332 e. The van der Waals surface area contributed by atoms with Crippen molar-refractivity contribution in [2.45, 2.75) is 26.0 Å². The number of benzene rings is 1. The molecule has 0 aliphatic heterocycles. The monoisotopic (exact) mass is 395 g/mol. The number of nitrogens with zero attached hydrogens (tertiary/aromatic N) is 1. The van der Waals surface area contributed by atoms with Crippen LogP contribution in [0.1, 0.15) is 13.8 Å². The van der Waals surface area contributed by atoms with E-state index in [2.05, 4.69) is 15.1 Å². The third-order valence-corrected chi connectivity index (χ3v) is 3.68. The van der Waals surface area contributed by atoms with Crippen molar-refractivity contribution in [2.24, 2.45) is 0 Å². The summed E-state index contributed by atoms with van der Waals surface area (Å²) in [5.41, 5.74) is 0.955. The molecule has 0 saturated heterocycles. The van der Waals surface area contributed by atoms with E-state index >= 15 is 0 Å². The number of hydrogen-bond donors (Lipinski definition) is 2. The number of rotatable bonds is 13. The summed E-state index contributed by atoms with van der Waals surface area (Å²) in [6, 6.07) is 7.80. The van der Waals surface area contributed by atoms with E-state index in [0.717, 1.165) is 10.9 Å². The second kappa shape index (κ2) is 11.1. The molecule has 0 aliphatic rings. The summed E-state index contributed by atoms with van der Waals surface area (Å²) < 4.78 is 16.3. The number of aromatic amines is 1. The van der Waals surface area contributed by atoms with Gasteiger partial charge in [0.1, 0.15) is 31.7 Å². The highest BCUT2D eigenvalue weighted by molar-refractivity contribution is 5.85. The molecule has 1 unspecified atom stereocenters. The van der Waals surface area contributed by atoms with Gasteiger partial charge in [-0.1, -0.05) is 19.9 Å². The Morgan fingerprint density at radius 1 is 1.29 bits per heavy atom. The van der Waals surface area contributed by atoms with Crippen molar-refractivity contribution in [1.29, 1.82) is 0 Å². The Bertz CT molecular complexity index is 762. The molecule has 28 heavy (non-hydrogen) atoms. The molecule has 10 heteroatoms. The fourth-order valence-electron chi connectivity index (χ4n) is 2.41. The van der Waals surface area contributed by atoms with Gasteiger partial charge in [-0.3, -0.25) is 0 Å². The lowest BCUT2D eigenvalue weighted by Gasteiger charge is -2.20. The predicted molar refractivity (Wildman–Crippen MR) is 101 cm³/mol. The normalized spacial score (nSPS) is 12.1. The maximum Gasteiger partial charge on any atom is 0.332 e. The summed E-state index contributed by atoms with van der Waals surface area (Å²) in [4.78, 5) is 29.2. The first kappa shape index (κ1) is 21.5. The molecule has 0 saturated carbocycles. The highest BCUT2D eigenvalue weighted by atomic mass is 17.0. The second-order valence-corrected chi connectivity index (χ2v) is 6.29. The quantitative estimate of drug-likeness (QED) is 0.227. The van der Waals surface area contributed by atoms with Crippen molar-refractivity contribution in [3.63, 3.8) is 0 Å². The molecule has 0 radical (unpaired) electrons. The number of aromatic nitrogens is 1. The maximum absolute atomic E-state index is 12.0. The zero-order valence-corrected chi connectivity index (χ0v) is 15.9. The number of fused-ring (bicyclic) bond motifs is 1. The van der Waals surface area contributed by atoms with Gasteiger partial charge in [-0.2, -0.15) is 0 Å². The second-order valence-electron chi connectivity index (χ2n) is 6.29. The summed E-state index contributed by atoms with van der Waals surface area (Å²) in [7, 11) is 0. The van der Waals surface area contributed by atoms with Crippen LogP contribution in [0.4, 0.5) is 0 Å². The Morgan fingerprint density at radius 3 is 2.86 bits per heavy atom. The van der Waals surface area contributed by atoms with E-state index < -0.39 is 17.2 Å². The molecular weight excluding hydrogens is 370 g/mol. The number of nitrogens with one attached hydrogen (secondary N) is 2. The average Bonchev–Trinajstić information content (AvgIpc) is 3.12. The number of carbonyl (C=O) groups is 1. The third-order valence-electron chi connectivity index (χ3n) is 3.68. The van der Waals surface area contributed by atoms with Crippen molar-refractivity contribution in [3.05, 3.63) is 40.6 Å². The Labute approximate surface area is 162 Å². The number of hydrogen-bond acceptors (Lipinski definition) is 8. The SMILES string of the molecule is CC(C)NCC(COc1cccc2[nH]ccc12)OC(=O)COCCO[N+](=O)[O-]. The van der Waals surface area contributed by atoms with E-state index in [4.69, 9.17) is 14.2 Å². The summed E-state index contributed by atoms with van der Waals surface area (Å²) in [6.45, 7) is 3.89. The highest BCUT2D eigenvalue weighted by Gasteiger charge is 2.17. The van der Waals surface area contributed by atoms with E-state index in [1.165, 1.54) is 0 Å². The Balaban J connectivity index is 1.84. The van der Waals surface area contributed by atoms with Crippen LogP contribution < -0.4 is 10.1 Å². The average molecular weight is 395 g/mol. The first-order valence-electron chi connectivity index (χ1n) is 8.92. The van der Waals surface area contributed by atoms with Gasteiger partial charge in [-0.15, -0.1) is 10.1 Å². The molecule has 154 valence electrons. The van der Waals surface area contributed by atoms with Gasteiger partial charge < -0.3 is 29.3 Å². The molecule has 0 amide bonds. The molecule has 1 aromatic carbocycles. The molecule has 0 aliphatic carbocycles. The summed E-state index contributed by atoms with van der Waals surface area (Å²) >= 11 is 0. The van der Waals surface area contributed by atoms with Gasteiger partial charge >= 0.3 is 5.97 Å². The number of carbonyl (C=O) groups excluding carboxylic acids is 1. The minimum Gasteiger partial charge on any atom is -0.489 e. The van der Waals surface area contributed by atoms with Crippen molar-refractivity contribution in [1.82, 2.24) is 10.3 Å². The fourth-order valence-corrected chi connectivity index (χ4v) is 2.41. The van der Waals surface area contributed by atoms with Gasteiger partial charge in [-0.25, -0.2) is 4.79 Å². The van der Waals surface area contributed by atoms with Crippen LogP contribution in [0.25, 0.3) is 10.9 Å². The molecule has 0 spiro atoms. The van der Waals surface area contributed by atoms with Crippen LogP contribution in [0.15, 0.2) is 30.5 Å². The lowest BCUT2D eigenvalue weighted by molar-refractivity contribution is -0.758. The lowest BCUT2D eigenvalue weighted by Crippen LogP contribution is -2.39. The summed E-state index contributed by atoms with van der Waals surface area (Å²) in [5.74, 6) is 0.109. The molecule has 1 atom stereocenters. The van der Waals surface area contributed by atoms with Gasteiger partial charge in [0.2, 0.25) is 0 Å². The molecule has 0 fully saturated rings. The van der Waals surface area contributed by atoms with Crippen molar-refractivity contribution in [3.8, 4) is 5.75 Å². The topological polar surface area (TPSA) is 125 Å². The third kappa shape index (κ3) is 7.41. The first-order chi connectivity index (χ1) is 13.5. The van der Waals surface area contributed by atoms with Gasteiger partial charge in [0, 0.05) is 29.7 Å². The van der Waals surface area contributed by atoms with Crippen LogP contribution >= 0.6 is 0 Å². The Morgan fingerprint density at radius 2 is 2.11 bits per heavy atom. The molecule has 2 N–H and O–H groups in total. The largest absolute Gasteiger partial charge is 0.489 e. The molecule has 2 rings (SSSR count). The molecule has 1 aromatic heterocycles. The van der Waals surface area contributed by atoms with Crippen LogP contribution in [-0.2, 0) is 19.1 Å². The number of esters is 1. The van der Waals surface area contributed by atoms with Gasteiger partial charge in [0.05, 0.1) is 6.61 Å². The zero-order chi connectivity index (χ0) is 20.4. The van der Waals surface area contributed by atoms with E-state index in [9.17, 15) is 14.9 Å². The van der Waals surface area contributed by atoms with Crippen molar-refractivity contribution < 1.29 is 28.9 Å². The first-order valence-corrected chi connectivity index (χ1v) is 8.92. The Kier molecular flexibility index (Phi) is 8.50. The zero-order valence-electron chi connectivity index (χ0n) is 15.9. The van der Waals surface area contributed by atoms with E-state index in [1.807, 2.05) is 44.3 Å². The van der Waals surface area contributed by atoms with Crippen molar-refractivity contribution in [2.75, 3.05) is 33.0 Å². The van der Waals surface area contributed by atoms with Crippen LogP contribution in [0.5, 0.6) is 5.75 Å². The highest BCUT2D eigenvalue weighted by Crippen LogP contribution is 2.24. The van der Waals surface area contributed by atoms with Gasteiger partial charge in [0.25, 0.3) is 5.09 Å². The van der Waals surface area contributed by atoms with Crippen LogP contribution in [0, 0.1) is 10.1 Å². The molecule has 2 aromatic rings. The van der Waals surface area contributed by atoms with Gasteiger partial charge in [0.15, 0.2) is 0 Å². The van der Waals surface area contributed by atoms with E-state index in [1.54, 1.807) is 0 Å². The Hall–Kier alpha value is -2.85. The van der Waals surface area contributed by atoms with Crippen LogP contribution in [0.2, 0.25) is 0 Å². The lowest BCUT2D eigenvalue weighted by atomic mass is 10.2. The molecule has 0 bridgehead atoms. The minimum absolute atomic E-state index is 0.0863. The summed E-state index contributed by atoms with van der Waals surface area (Å²) in [5, 5.41) is 13.3. The molecule has 1 heterocycles. The number of ether oxygens (including phenoxy) is 3. The number of H-pyrrole nitrogens is 1. The van der Waals surface area contributed by atoms with Gasteiger partial charge in [-0.05, 0) is 18.2 Å². The van der Waals surface area contributed by atoms with E-state index in [-0.39, 0.29) is 32.5 Å². The molecule has 10 nitrogen and oxygen atoms in total. The molecular formula is C18H25N3O7. The predicted octanol–water partition coefficient (Wildman–Crippen LogP) is 1.68. The summed E-state index contributed by atoms with van der Waals surface area (Å²) in [6.07, 6.45) is 1.30. The minimum atomic E-state index is -0.919. The van der Waals surface area contributed by atoms with E-state index in [0.29, 0.717) is 12.3 Å². The van der Waals surface area contributed by atoms with Crippen LogP contribution in [-0.4, -0.2) is 61.2 Å². The standard InChI is InChI=1S/C18H25N3O7/c1-13(2)20-10-14(28-18(22)12-25-8-9-27-21(23)24)11-26-17-5-3-4-16-15(17)6-7-19-16/h3-7,13-14,19-20H,8-12H2,1-2H3.